The quantitative estimate of drug-likeness (QED) is 0.785. The molecule has 1 unspecified atom stereocenters. The zero-order valence-corrected chi connectivity index (χ0v) is 9.90. The maximum atomic E-state index is 11.0. The number of carbonyl (C=O) groups is 1. The molecule has 4 heteroatoms. The fourth-order valence-corrected chi connectivity index (χ4v) is 2.50. The Labute approximate surface area is 95.7 Å². The third-order valence-electron chi connectivity index (χ3n) is 3.82. The standard InChI is InChI=1S/C12H19NO3/c1-8-3-5-9(6-4-8)10-7-12(2,11(14)15)16-13-10/h8-9H,3-7H2,1-2H3,(H,14,15). The van der Waals surface area contributed by atoms with Crippen molar-refractivity contribution in [3.8, 4) is 0 Å². The van der Waals surface area contributed by atoms with E-state index in [2.05, 4.69) is 12.1 Å². The van der Waals surface area contributed by atoms with Crippen molar-refractivity contribution in [1.29, 1.82) is 0 Å². The lowest BCUT2D eigenvalue weighted by atomic mass is 9.78. The van der Waals surface area contributed by atoms with Gasteiger partial charge in [-0.25, -0.2) is 4.79 Å². The van der Waals surface area contributed by atoms with Gasteiger partial charge in [0.25, 0.3) is 0 Å². The number of hydrogen-bond donors (Lipinski definition) is 1. The number of aliphatic carboxylic acids is 1. The Hall–Kier alpha value is -1.06. The Balaban J connectivity index is 1.96. The van der Waals surface area contributed by atoms with Crippen LogP contribution in [0.2, 0.25) is 0 Å². The summed E-state index contributed by atoms with van der Waals surface area (Å²) < 4.78 is 0. The fourth-order valence-electron chi connectivity index (χ4n) is 2.50. The van der Waals surface area contributed by atoms with Gasteiger partial charge in [0.1, 0.15) is 0 Å². The van der Waals surface area contributed by atoms with Crippen LogP contribution in [0.4, 0.5) is 0 Å². The minimum Gasteiger partial charge on any atom is -0.478 e. The molecule has 1 N–H and O–H groups in total. The van der Waals surface area contributed by atoms with Crippen LogP contribution in [-0.4, -0.2) is 22.4 Å². The van der Waals surface area contributed by atoms with Crippen molar-refractivity contribution in [1.82, 2.24) is 0 Å². The highest BCUT2D eigenvalue weighted by atomic mass is 16.7. The van der Waals surface area contributed by atoms with Gasteiger partial charge in [0.2, 0.25) is 5.60 Å². The van der Waals surface area contributed by atoms with Gasteiger partial charge >= 0.3 is 5.97 Å². The minimum absolute atomic E-state index is 0.442. The zero-order chi connectivity index (χ0) is 11.8. The minimum atomic E-state index is -1.13. The van der Waals surface area contributed by atoms with Crippen LogP contribution in [0, 0.1) is 11.8 Å². The Bertz CT molecular complexity index is 318. The highest BCUT2D eigenvalue weighted by molar-refractivity contribution is 5.94. The van der Waals surface area contributed by atoms with E-state index in [1.54, 1.807) is 6.92 Å². The second-order valence-corrected chi connectivity index (χ2v) is 5.34. The van der Waals surface area contributed by atoms with Crippen LogP contribution in [0.3, 0.4) is 0 Å². The highest BCUT2D eigenvalue weighted by Crippen LogP contribution is 2.35. The summed E-state index contributed by atoms with van der Waals surface area (Å²) in [6.45, 7) is 3.86. The zero-order valence-electron chi connectivity index (χ0n) is 9.90. The molecule has 1 aliphatic heterocycles. The van der Waals surface area contributed by atoms with Gasteiger partial charge in [-0.2, -0.15) is 0 Å². The van der Waals surface area contributed by atoms with Gasteiger partial charge in [0.15, 0.2) is 0 Å². The van der Waals surface area contributed by atoms with Gasteiger partial charge < -0.3 is 9.94 Å². The molecule has 4 nitrogen and oxygen atoms in total. The van der Waals surface area contributed by atoms with E-state index in [0.29, 0.717) is 12.3 Å². The summed E-state index contributed by atoms with van der Waals surface area (Å²) in [5.74, 6) is 0.317. The predicted molar refractivity (Wildman–Crippen MR) is 60.3 cm³/mol. The van der Waals surface area contributed by atoms with E-state index < -0.39 is 11.6 Å². The molecule has 2 rings (SSSR count). The Morgan fingerprint density at radius 3 is 2.56 bits per heavy atom. The molecule has 0 spiro atoms. The molecule has 0 aromatic carbocycles. The molecule has 1 saturated carbocycles. The van der Waals surface area contributed by atoms with Crippen molar-refractivity contribution < 1.29 is 14.7 Å². The number of oxime groups is 1. The summed E-state index contributed by atoms with van der Waals surface area (Å²) in [5.41, 5.74) is -0.171. The summed E-state index contributed by atoms with van der Waals surface area (Å²) in [6.07, 6.45) is 5.13. The highest BCUT2D eigenvalue weighted by Gasteiger charge is 2.44. The number of rotatable bonds is 2. The summed E-state index contributed by atoms with van der Waals surface area (Å²) in [5, 5.41) is 13.0. The average Bonchev–Trinajstić information content (AvgIpc) is 2.63. The Kier molecular flexibility index (Phi) is 2.91. The van der Waals surface area contributed by atoms with E-state index in [-0.39, 0.29) is 0 Å². The monoisotopic (exact) mass is 225 g/mol. The van der Waals surface area contributed by atoms with E-state index in [0.717, 1.165) is 24.5 Å². The summed E-state index contributed by atoms with van der Waals surface area (Å²) in [7, 11) is 0. The molecule has 1 fully saturated rings. The molecule has 1 heterocycles. The van der Waals surface area contributed by atoms with Crippen molar-refractivity contribution in [3.63, 3.8) is 0 Å². The first-order valence-electron chi connectivity index (χ1n) is 5.99. The van der Waals surface area contributed by atoms with E-state index in [9.17, 15) is 4.79 Å². The number of carboxylic acids is 1. The van der Waals surface area contributed by atoms with Crippen LogP contribution in [0.25, 0.3) is 0 Å². The molecule has 0 bridgehead atoms. The first kappa shape index (κ1) is 11.4. The molecule has 0 aromatic heterocycles. The summed E-state index contributed by atoms with van der Waals surface area (Å²) >= 11 is 0. The van der Waals surface area contributed by atoms with Gasteiger partial charge in [-0.05, 0) is 25.7 Å². The lowest BCUT2D eigenvalue weighted by Crippen LogP contribution is -2.36. The van der Waals surface area contributed by atoms with Crippen LogP contribution in [0.5, 0.6) is 0 Å². The molecule has 0 amide bonds. The second-order valence-electron chi connectivity index (χ2n) is 5.34. The average molecular weight is 225 g/mol. The van der Waals surface area contributed by atoms with Crippen molar-refractivity contribution >= 4 is 11.7 Å². The van der Waals surface area contributed by atoms with Gasteiger partial charge in [-0.15, -0.1) is 0 Å². The number of nitrogens with zero attached hydrogens (tertiary/aromatic N) is 1. The van der Waals surface area contributed by atoms with Crippen molar-refractivity contribution in [2.45, 2.75) is 51.6 Å². The fraction of sp³-hybridized carbons (Fsp3) is 0.833. The molecule has 16 heavy (non-hydrogen) atoms. The van der Waals surface area contributed by atoms with Crippen LogP contribution >= 0.6 is 0 Å². The van der Waals surface area contributed by atoms with Crippen LogP contribution < -0.4 is 0 Å². The molecular formula is C12H19NO3. The number of carboxylic acid groups (broad SMARTS) is 1. The first-order chi connectivity index (χ1) is 7.51. The Morgan fingerprint density at radius 1 is 1.44 bits per heavy atom. The maximum Gasteiger partial charge on any atom is 0.351 e. The van der Waals surface area contributed by atoms with Crippen molar-refractivity contribution in [2.75, 3.05) is 0 Å². The smallest absolute Gasteiger partial charge is 0.351 e. The van der Waals surface area contributed by atoms with Gasteiger partial charge in [-0.3, -0.25) is 0 Å². The van der Waals surface area contributed by atoms with Crippen LogP contribution in [0.1, 0.15) is 46.0 Å². The molecule has 0 radical (unpaired) electrons. The van der Waals surface area contributed by atoms with Crippen LogP contribution in [-0.2, 0) is 9.63 Å². The molecular weight excluding hydrogens is 206 g/mol. The molecule has 1 aliphatic carbocycles. The summed E-state index contributed by atoms with van der Waals surface area (Å²) in [4.78, 5) is 16.1. The van der Waals surface area contributed by atoms with Gasteiger partial charge in [0.05, 0.1) is 5.71 Å². The van der Waals surface area contributed by atoms with Gasteiger partial charge in [0, 0.05) is 12.3 Å². The predicted octanol–water partition coefficient (Wildman–Crippen LogP) is 2.43. The maximum absolute atomic E-state index is 11.0. The lowest BCUT2D eigenvalue weighted by molar-refractivity contribution is -0.160. The largest absolute Gasteiger partial charge is 0.478 e. The Morgan fingerprint density at radius 2 is 2.06 bits per heavy atom. The van der Waals surface area contributed by atoms with Crippen molar-refractivity contribution in [2.24, 2.45) is 17.0 Å². The lowest BCUT2D eigenvalue weighted by Gasteiger charge is -2.25. The van der Waals surface area contributed by atoms with E-state index in [4.69, 9.17) is 9.94 Å². The van der Waals surface area contributed by atoms with Gasteiger partial charge in [-0.1, -0.05) is 24.9 Å². The van der Waals surface area contributed by atoms with Crippen molar-refractivity contribution in [3.05, 3.63) is 0 Å². The molecule has 90 valence electrons. The normalized spacial score (nSPS) is 39.0. The van der Waals surface area contributed by atoms with E-state index >= 15 is 0 Å². The van der Waals surface area contributed by atoms with E-state index in [1.807, 2.05) is 0 Å². The topological polar surface area (TPSA) is 58.9 Å². The second kappa shape index (κ2) is 4.07. The third kappa shape index (κ3) is 2.06. The molecule has 1 atom stereocenters. The third-order valence-corrected chi connectivity index (χ3v) is 3.82. The SMILES string of the molecule is CC1CCC(C2=NOC(C)(C(=O)O)C2)CC1. The van der Waals surface area contributed by atoms with Crippen LogP contribution in [0.15, 0.2) is 5.16 Å². The molecule has 0 aromatic rings. The molecule has 2 aliphatic rings. The number of hydrogen-bond acceptors (Lipinski definition) is 3. The molecule has 0 saturated heterocycles. The summed E-state index contributed by atoms with van der Waals surface area (Å²) in [6, 6.07) is 0. The van der Waals surface area contributed by atoms with E-state index in [1.165, 1.54) is 12.8 Å². The first-order valence-corrected chi connectivity index (χ1v) is 5.99.